The van der Waals surface area contributed by atoms with Crippen LogP contribution in [-0.4, -0.2) is 25.7 Å². The minimum absolute atomic E-state index is 0.104. The molecule has 1 saturated carbocycles. The molecule has 214 valence electrons. The van der Waals surface area contributed by atoms with E-state index >= 15 is 4.39 Å². The first-order valence-electron chi connectivity index (χ1n) is 13.5. The van der Waals surface area contributed by atoms with Gasteiger partial charge in [-0.05, 0) is 67.3 Å². The van der Waals surface area contributed by atoms with Gasteiger partial charge in [0.2, 0.25) is 0 Å². The monoisotopic (exact) mass is 558 g/mol. The van der Waals surface area contributed by atoms with Gasteiger partial charge in [0.15, 0.2) is 6.29 Å². The first kappa shape index (κ1) is 29.6. The van der Waals surface area contributed by atoms with Crippen LogP contribution in [0.25, 0.3) is 17.0 Å². The Morgan fingerprint density at radius 3 is 2.10 bits per heavy atom. The highest BCUT2D eigenvalue weighted by molar-refractivity contribution is 5.69. The standard InChI is InChI=1S/C30H33F7O2/c1-2-3-4-5-18-16-38-29(39-17-18)20-8-6-19(7-9-20)21-10-11-23(24(31)12-21)22-13-25(32)28(26(33)14-22)27(34)15-30(35,36)37/h10-15,18-20,29H,2-9,16-17H2,1H3/b27-15-. The summed E-state index contributed by atoms with van der Waals surface area (Å²) < 4.78 is 107. The lowest BCUT2D eigenvalue weighted by molar-refractivity contribution is -0.229. The lowest BCUT2D eigenvalue weighted by atomic mass is 9.78. The van der Waals surface area contributed by atoms with E-state index in [4.69, 9.17) is 9.47 Å². The SMILES string of the molecule is CCCCCC1COC(C2CCC(c3ccc(-c4cc(F)c(/C(F)=C/C(F)(F)F)c(F)c4)c(F)c3)CC2)OC1. The molecule has 0 amide bonds. The normalized spacial score (nSPS) is 24.7. The predicted octanol–water partition coefficient (Wildman–Crippen LogP) is 9.49. The van der Waals surface area contributed by atoms with Gasteiger partial charge in [0.1, 0.15) is 23.3 Å². The lowest BCUT2D eigenvalue weighted by Gasteiger charge is -2.37. The van der Waals surface area contributed by atoms with E-state index in [1.807, 2.05) is 0 Å². The Morgan fingerprint density at radius 2 is 1.54 bits per heavy atom. The van der Waals surface area contributed by atoms with Gasteiger partial charge in [-0.25, -0.2) is 17.6 Å². The fraction of sp³-hybridized carbons (Fsp3) is 0.533. The van der Waals surface area contributed by atoms with E-state index < -0.39 is 41.1 Å². The molecule has 2 nitrogen and oxygen atoms in total. The molecule has 4 rings (SSSR count). The number of alkyl halides is 3. The summed E-state index contributed by atoms with van der Waals surface area (Å²) in [6, 6.07) is 5.65. The highest BCUT2D eigenvalue weighted by atomic mass is 19.4. The van der Waals surface area contributed by atoms with Crippen LogP contribution in [0, 0.1) is 29.3 Å². The van der Waals surface area contributed by atoms with Crippen LogP contribution in [0.4, 0.5) is 30.7 Å². The highest BCUT2D eigenvalue weighted by Crippen LogP contribution is 2.40. The number of hydrogen-bond donors (Lipinski definition) is 0. The maximum Gasteiger partial charge on any atom is 0.412 e. The summed E-state index contributed by atoms with van der Waals surface area (Å²) >= 11 is 0. The molecular formula is C30H33F7O2. The number of unbranched alkanes of at least 4 members (excludes halogenated alkanes) is 2. The minimum atomic E-state index is -5.09. The van der Waals surface area contributed by atoms with Crippen molar-refractivity contribution in [2.75, 3.05) is 13.2 Å². The van der Waals surface area contributed by atoms with E-state index in [2.05, 4.69) is 6.92 Å². The van der Waals surface area contributed by atoms with Crippen molar-refractivity contribution in [3.05, 3.63) is 65.0 Å². The zero-order valence-corrected chi connectivity index (χ0v) is 21.8. The number of allylic oxidation sites excluding steroid dienone is 1. The maximum absolute atomic E-state index is 15.0. The molecule has 1 heterocycles. The summed E-state index contributed by atoms with van der Waals surface area (Å²) in [5.74, 6) is -5.09. The average molecular weight is 559 g/mol. The first-order chi connectivity index (χ1) is 18.6. The molecule has 0 N–H and O–H groups in total. The summed E-state index contributed by atoms with van der Waals surface area (Å²) in [5.41, 5.74) is -1.05. The lowest BCUT2D eigenvalue weighted by Crippen LogP contribution is -2.38. The summed E-state index contributed by atoms with van der Waals surface area (Å²) in [6.07, 6.45) is 1.95. The highest BCUT2D eigenvalue weighted by Gasteiger charge is 2.33. The van der Waals surface area contributed by atoms with Gasteiger partial charge >= 0.3 is 6.18 Å². The van der Waals surface area contributed by atoms with Gasteiger partial charge in [-0.2, -0.15) is 13.2 Å². The quantitative estimate of drug-likeness (QED) is 0.237. The van der Waals surface area contributed by atoms with Crippen molar-refractivity contribution in [2.45, 2.75) is 76.7 Å². The molecule has 1 saturated heterocycles. The zero-order valence-electron chi connectivity index (χ0n) is 21.8. The van der Waals surface area contributed by atoms with Crippen molar-refractivity contribution < 1.29 is 40.2 Å². The molecule has 2 aromatic carbocycles. The third-order valence-corrected chi connectivity index (χ3v) is 7.71. The van der Waals surface area contributed by atoms with Crippen molar-refractivity contribution in [2.24, 2.45) is 11.8 Å². The van der Waals surface area contributed by atoms with Gasteiger partial charge in [-0.3, -0.25) is 0 Å². The van der Waals surface area contributed by atoms with Crippen LogP contribution in [0.5, 0.6) is 0 Å². The van der Waals surface area contributed by atoms with Crippen molar-refractivity contribution in [1.29, 1.82) is 0 Å². The van der Waals surface area contributed by atoms with Crippen LogP contribution in [-0.2, 0) is 9.47 Å². The van der Waals surface area contributed by atoms with E-state index in [1.165, 1.54) is 31.4 Å². The third-order valence-electron chi connectivity index (χ3n) is 7.71. The predicted molar refractivity (Wildman–Crippen MR) is 135 cm³/mol. The zero-order chi connectivity index (χ0) is 28.2. The Kier molecular flexibility index (Phi) is 9.75. The van der Waals surface area contributed by atoms with Crippen molar-refractivity contribution in [3.63, 3.8) is 0 Å². The molecule has 0 bridgehead atoms. The molecule has 39 heavy (non-hydrogen) atoms. The second-order valence-electron chi connectivity index (χ2n) is 10.6. The molecule has 0 atom stereocenters. The van der Waals surface area contributed by atoms with Crippen molar-refractivity contribution in [3.8, 4) is 11.1 Å². The van der Waals surface area contributed by atoms with E-state index in [-0.39, 0.29) is 29.3 Å². The average Bonchev–Trinajstić information content (AvgIpc) is 2.88. The summed E-state index contributed by atoms with van der Waals surface area (Å²) in [5, 5.41) is 0. The van der Waals surface area contributed by atoms with Crippen molar-refractivity contribution in [1.82, 2.24) is 0 Å². The summed E-state index contributed by atoms with van der Waals surface area (Å²) in [6.45, 7) is 3.61. The maximum atomic E-state index is 15.0. The molecule has 2 aromatic rings. The fourth-order valence-corrected chi connectivity index (χ4v) is 5.60. The Bertz CT molecular complexity index is 1120. The molecule has 2 aliphatic rings. The second kappa shape index (κ2) is 12.9. The summed E-state index contributed by atoms with van der Waals surface area (Å²) in [4.78, 5) is 0. The van der Waals surface area contributed by atoms with Gasteiger partial charge in [-0.1, -0.05) is 38.3 Å². The number of hydrogen-bond acceptors (Lipinski definition) is 2. The Hall–Kier alpha value is -2.39. The van der Waals surface area contributed by atoms with Gasteiger partial charge in [0, 0.05) is 17.4 Å². The van der Waals surface area contributed by atoms with Gasteiger partial charge in [0.05, 0.1) is 24.9 Å². The van der Waals surface area contributed by atoms with E-state index in [0.29, 0.717) is 31.3 Å². The minimum Gasteiger partial charge on any atom is -0.352 e. The Balaban J connectivity index is 1.37. The van der Waals surface area contributed by atoms with E-state index in [1.54, 1.807) is 6.07 Å². The molecule has 0 unspecified atom stereocenters. The van der Waals surface area contributed by atoms with Crippen LogP contribution in [0.3, 0.4) is 0 Å². The smallest absolute Gasteiger partial charge is 0.352 e. The van der Waals surface area contributed by atoms with E-state index in [9.17, 15) is 26.3 Å². The second-order valence-corrected chi connectivity index (χ2v) is 10.6. The molecule has 9 heteroatoms. The van der Waals surface area contributed by atoms with Crippen LogP contribution in [0.15, 0.2) is 36.4 Å². The number of halogens is 7. The van der Waals surface area contributed by atoms with Crippen LogP contribution >= 0.6 is 0 Å². The fourth-order valence-electron chi connectivity index (χ4n) is 5.60. The molecule has 0 aromatic heterocycles. The topological polar surface area (TPSA) is 18.5 Å². The largest absolute Gasteiger partial charge is 0.412 e. The number of benzene rings is 2. The van der Waals surface area contributed by atoms with Gasteiger partial charge in [-0.15, -0.1) is 0 Å². The van der Waals surface area contributed by atoms with Crippen LogP contribution < -0.4 is 0 Å². The van der Waals surface area contributed by atoms with Gasteiger partial charge < -0.3 is 9.47 Å². The molecule has 1 aliphatic carbocycles. The summed E-state index contributed by atoms with van der Waals surface area (Å²) in [7, 11) is 0. The Labute approximate surface area is 224 Å². The van der Waals surface area contributed by atoms with Gasteiger partial charge in [0.25, 0.3) is 0 Å². The number of ether oxygens (including phenoxy) is 2. The molecule has 0 spiro atoms. The first-order valence-corrected chi connectivity index (χ1v) is 13.5. The van der Waals surface area contributed by atoms with Crippen LogP contribution in [0.2, 0.25) is 0 Å². The molecule has 0 radical (unpaired) electrons. The van der Waals surface area contributed by atoms with E-state index in [0.717, 1.165) is 37.7 Å². The molecule has 2 fully saturated rings. The van der Waals surface area contributed by atoms with Crippen LogP contribution in [0.1, 0.15) is 75.3 Å². The number of rotatable bonds is 8. The third kappa shape index (κ3) is 7.63. The Morgan fingerprint density at radius 1 is 0.897 bits per heavy atom. The molecule has 1 aliphatic heterocycles. The molecular weight excluding hydrogens is 525 g/mol. The van der Waals surface area contributed by atoms with Crippen molar-refractivity contribution >= 4 is 5.83 Å².